The Balaban J connectivity index is 2.70. The quantitative estimate of drug-likeness (QED) is 0.487. The number of nitrogens with one attached hydrogen (secondary N) is 2. The van der Waals surface area contributed by atoms with Gasteiger partial charge in [0.05, 0.1) is 12.0 Å². The van der Waals surface area contributed by atoms with Crippen LogP contribution in [-0.2, 0) is 19.6 Å². The second kappa shape index (κ2) is 6.68. The van der Waals surface area contributed by atoms with Gasteiger partial charge in [0, 0.05) is 12.2 Å². The molecule has 0 aliphatic rings. The molecule has 0 heterocycles. The highest BCUT2D eigenvalue weighted by Gasteiger charge is 2.14. The van der Waals surface area contributed by atoms with Gasteiger partial charge in [0.1, 0.15) is 5.75 Å². The number of amides is 1. The average Bonchev–Trinajstić information content (AvgIpc) is 2.43. The van der Waals surface area contributed by atoms with E-state index in [0.717, 1.165) is 0 Å². The van der Waals surface area contributed by atoms with Crippen LogP contribution in [0.5, 0.6) is 5.75 Å². The average molecular weight is 300 g/mol. The Kier molecular flexibility index (Phi) is 5.23. The molecule has 1 aromatic carbocycles. The number of carbonyl (C=O) groups excluding carboxylic acids is 1. The Morgan fingerprint density at radius 3 is 2.30 bits per heavy atom. The van der Waals surface area contributed by atoms with Gasteiger partial charge >= 0.3 is 5.97 Å². The van der Waals surface area contributed by atoms with Crippen LogP contribution < -0.4 is 15.0 Å². The minimum Gasteiger partial charge on any atom is -0.497 e. The number of carboxylic acid groups (broad SMARTS) is 1. The molecule has 0 spiro atoms. The third-order valence-electron chi connectivity index (χ3n) is 2.06. The molecule has 8 nitrogen and oxygen atoms in total. The molecule has 0 atom stereocenters. The predicted octanol–water partition coefficient (Wildman–Crippen LogP) is -0.354. The first-order valence-corrected chi connectivity index (χ1v) is 6.70. The zero-order valence-corrected chi connectivity index (χ0v) is 11.2. The summed E-state index contributed by atoms with van der Waals surface area (Å²) in [7, 11) is -2.50. The van der Waals surface area contributed by atoms with Gasteiger partial charge in [-0.05, 0) is 24.3 Å². The fraction of sp³-hybridized carbons (Fsp3) is 0.0909. The molecule has 0 saturated heterocycles. The van der Waals surface area contributed by atoms with E-state index in [2.05, 4.69) is 0 Å². The van der Waals surface area contributed by atoms with E-state index >= 15 is 0 Å². The summed E-state index contributed by atoms with van der Waals surface area (Å²) in [6, 6.07) is 5.47. The molecule has 0 bridgehead atoms. The number of hydrogen-bond donors (Lipinski definition) is 3. The molecule has 0 unspecified atom stereocenters. The number of rotatable bonds is 6. The SMILES string of the molecule is COc1ccc(S(=O)(=O)NNC(=O)/C=C\C(=O)O)cc1. The van der Waals surface area contributed by atoms with E-state index in [4.69, 9.17) is 9.84 Å². The first-order chi connectivity index (χ1) is 9.35. The van der Waals surface area contributed by atoms with Crippen molar-refractivity contribution in [2.45, 2.75) is 4.90 Å². The van der Waals surface area contributed by atoms with E-state index in [1.54, 1.807) is 0 Å². The summed E-state index contributed by atoms with van der Waals surface area (Å²) in [6.45, 7) is 0. The Labute approximate surface area is 115 Å². The van der Waals surface area contributed by atoms with Crippen LogP contribution in [-0.4, -0.2) is 32.5 Å². The second-order valence-electron chi connectivity index (χ2n) is 3.44. The fourth-order valence-corrected chi connectivity index (χ4v) is 1.97. The third kappa shape index (κ3) is 4.71. The molecule has 0 aliphatic heterocycles. The number of carboxylic acids is 1. The van der Waals surface area contributed by atoms with Crippen molar-refractivity contribution in [2.75, 3.05) is 7.11 Å². The zero-order valence-electron chi connectivity index (χ0n) is 10.4. The van der Waals surface area contributed by atoms with Gasteiger partial charge in [-0.25, -0.2) is 13.2 Å². The van der Waals surface area contributed by atoms with Crippen LogP contribution in [0.3, 0.4) is 0 Å². The van der Waals surface area contributed by atoms with E-state index in [-0.39, 0.29) is 4.90 Å². The van der Waals surface area contributed by atoms with Gasteiger partial charge in [-0.2, -0.15) is 0 Å². The van der Waals surface area contributed by atoms with Gasteiger partial charge in [-0.1, -0.05) is 0 Å². The Morgan fingerprint density at radius 1 is 1.20 bits per heavy atom. The minimum atomic E-state index is -3.94. The summed E-state index contributed by atoms with van der Waals surface area (Å²) < 4.78 is 28.4. The zero-order chi connectivity index (χ0) is 15.2. The first kappa shape index (κ1) is 15.7. The molecule has 0 aliphatic carbocycles. The number of hydrogen-bond acceptors (Lipinski definition) is 5. The lowest BCUT2D eigenvalue weighted by atomic mass is 10.3. The molecule has 1 rings (SSSR count). The molecule has 0 fully saturated rings. The smallest absolute Gasteiger partial charge is 0.328 e. The maximum Gasteiger partial charge on any atom is 0.328 e. The number of aliphatic carboxylic acids is 1. The second-order valence-corrected chi connectivity index (χ2v) is 5.12. The number of sulfonamides is 1. The summed E-state index contributed by atoms with van der Waals surface area (Å²) in [4.78, 5) is 23.0. The number of methoxy groups -OCH3 is 1. The summed E-state index contributed by atoms with van der Waals surface area (Å²) in [5.74, 6) is -1.75. The van der Waals surface area contributed by atoms with E-state index in [1.807, 2.05) is 10.3 Å². The lowest BCUT2D eigenvalue weighted by Crippen LogP contribution is -2.40. The van der Waals surface area contributed by atoms with Crippen molar-refractivity contribution >= 4 is 21.9 Å². The number of carbonyl (C=O) groups is 2. The Morgan fingerprint density at radius 2 is 1.80 bits per heavy atom. The van der Waals surface area contributed by atoms with Crippen molar-refractivity contribution < 1.29 is 27.9 Å². The maximum absolute atomic E-state index is 11.8. The molecular formula is C11H12N2O6S. The van der Waals surface area contributed by atoms with Crippen molar-refractivity contribution in [1.82, 2.24) is 10.3 Å². The van der Waals surface area contributed by atoms with Crippen LogP contribution in [0.25, 0.3) is 0 Å². The molecule has 3 N–H and O–H groups in total. The molecule has 0 radical (unpaired) electrons. The number of benzene rings is 1. The Hall–Kier alpha value is -2.39. The predicted molar refractivity (Wildman–Crippen MR) is 68.2 cm³/mol. The molecular weight excluding hydrogens is 288 g/mol. The van der Waals surface area contributed by atoms with Crippen LogP contribution >= 0.6 is 0 Å². The molecule has 9 heteroatoms. The number of ether oxygens (including phenoxy) is 1. The minimum absolute atomic E-state index is 0.0826. The molecule has 1 aromatic rings. The van der Waals surface area contributed by atoms with Crippen LogP contribution in [0, 0.1) is 0 Å². The van der Waals surface area contributed by atoms with Crippen molar-refractivity contribution in [3.05, 3.63) is 36.4 Å². The van der Waals surface area contributed by atoms with Gasteiger partial charge < -0.3 is 9.84 Å². The highest BCUT2D eigenvalue weighted by molar-refractivity contribution is 7.89. The highest BCUT2D eigenvalue weighted by Crippen LogP contribution is 2.14. The van der Waals surface area contributed by atoms with Crippen LogP contribution in [0.4, 0.5) is 0 Å². The monoisotopic (exact) mass is 300 g/mol. The van der Waals surface area contributed by atoms with Crippen molar-refractivity contribution in [2.24, 2.45) is 0 Å². The topological polar surface area (TPSA) is 122 Å². The van der Waals surface area contributed by atoms with E-state index in [0.29, 0.717) is 17.9 Å². The molecule has 20 heavy (non-hydrogen) atoms. The third-order valence-corrected chi connectivity index (χ3v) is 3.32. The van der Waals surface area contributed by atoms with E-state index in [9.17, 15) is 18.0 Å². The molecule has 108 valence electrons. The van der Waals surface area contributed by atoms with E-state index in [1.165, 1.54) is 31.4 Å². The van der Waals surface area contributed by atoms with Gasteiger partial charge in [0.2, 0.25) is 0 Å². The van der Waals surface area contributed by atoms with Gasteiger partial charge in [-0.15, -0.1) is 4.83 Å². The van der Waals surface area contributed by atoms with Crippen LogP contribution in [0.15, 0.2) is 41.3 Å². The summed E-state index contributed by atoms with van der Waals surface area (Å²) in [5.41, 5.74) is 1.85. The highest BCUT2D eigenvalue weighted by atomic mass is 32.2. The largest absolute Gasteiger partial charge is 0.497 e. The molecule has 0 saturated carbocycles. The lowest BCUT2D eigenvalue weighted by molar-refractivity contribution is -0.131. The lowest BCUT2D eigenvalue weighted by Gasteiger charge is -2.07. The first-order valence-electron chi connectivity index (χ1n) is 5.22. The summed E-state index contributed by atoms with van der Waals surface area (Å²) >= 11 is 0. The van der Waals surface area contributed by atoms with Crippen LogP contribution in [0.2, 0.25) is 0 Å². The van der Waals surface area contributed by atoms with Gasteiger partial charge in [0.15, 0.2) is 0 Å². The van der Waals surface area contributed by atoms with Crippen molar-refractivity contribution in [1.29, 1.82) is 0 Å². The molecule has 1 amide bonds. The van der Waals surface area contributed by atoms with Gasteiger partial charge in [-0.3, -0.25) is 10.2 Å². The maximum atomic E-state index is 11.8. The van der Waals surface area contributed by atoms with E-state index < -0.39 is 21.9 Å². The normalized spacial score (nSPS) is 11.2. The Bertz CT molecular complexity index is 621. The summed E-state index contributed by atoms with van der Waals surface area (Å²) in [5, 5.41) is 8.30. The standard InChI is InChI=1S/C11H12N2O6S/c1-19-8-2-4-9(5-3-8)20(17,18)13-12-10(14)6-7-11(15)16/h2-7,13H,1H3,(H,12,14)(H,15,16)/b7-6-. The van der Waals surface area contributed by atoms with Crippen LogP contribution in [0.1, 0.15) is 0 Å². The van der Waals surface area contributed by atoms with Crippen molar-refractivity contribution in [3.8, 4) is 5.75 Å². The summed E-state index contributed by atoms with van der Waals surface area (Å²) in [6.07, 6.45) is 1.26. The van der Waals surface area contributed by atoms with Crippen molar-refractivity contribution in [3.63, 3.8) is 0 Å². The van der Waals surface area contributed by atoms with Gasteiger partial charge in [0.25, 0.3) is 15.9 Å². The number of hydrazine groups is 1. The fourth-order valence-electron chi connectivity index (χ4n) is 1.12. The molecule has 0 aromatic heterocycles.